The van der Waals surface area contributed by atoms with E-state index in [-0.39, 0.29) is 11.4 Å². The zero-order valence-corrected chi connectivity index (χ0v) is 11.4. The van der Waals surface area contributed by atoms with Crippen LogP contribution in [0.2, 0.25) is 0 Å². The molecule has 4 N–H and O–H groups in total. The molecule has 1 unspecified atom stereocenters. The van der Waals surface area contributed by atoms with Gasteiger partial charge >= 0.3 is 0 Å². The van der Waals surface area contributed by atoms with Crippen molar-refractivity contribution in [2.24, 2.45) is 10.9 Å². The van der Waals surface area contributed by atoms with Crippen LogP contribution < -0.4 is 11.1 Å². The molecule has 0 saturated carbocycles. The van der Waals surface area contributed by atoms with Crippen LogP contribution in [0.15, 0.2) is 23.4 Å². The smallest absolute Gasteiger partial charge is 0.173 e. The Hall–Kier alpha value is -1.27. The maximum absolute atomic E-state index is 14.1. The summed E-state index contributed by atoms with van der Waals surface area (Å²) in [5.74, 6) is 0.592. The lowest BCUT2D eigenvalue weighted by Gasteiger charge is -2.11. The third-order valence-electron chi connectivity index (χ3n) is 3.17. The summed E-state index contributed by atoms with van der Waals surface area (Å²) in [5, 5.41) is 15.3. The first-order valence-electron chi connectivity index (χ1n) is 6.30. The van der Waals surface area contributed by atoms with E-state index in [0.717, 1.165) is 6.54 Å². The minimum absolute atomic E-state index is 0.136. The van der Waals surface area contributed by atoms with Gasteiger partial charge in [-0.05, 0) is 24.7 Å². The summed E-state index contributed by atoms with van der Waals surface area (Å²) in [4.78, 5) is 0. The van der Waals surface area contributed by atoms with Crippen molar-refractivity contribution in [2.45, 2.75) is 24.6 Å². The van der Waals surface area contributed by atoms with Gasteiger partial charge in [-0.2, -0.15) is 11.8 Å². The number of amidine groups is 1. The molecule has 104 valence electrons. The van der Waals surface area contributed by atoms with Crippen molar-refractivity contribution in [3.05, 3.63) is 35.1 Å². The van der Waals surface area contributed by atoms with E-state index < -0.39 is 5.82 Å². The SMILES string of the molecule is N/C(=N/O)c1cccc(CNCC2CCCS2)c1F. The van der Waals surface area contributed by atoms with E-state index in [1.807, 2.05) is 11.8 Å². The fourth-order valence-electron chi connectivity index (χ4n) is 2.14. The molecule has 2 rings (SSSR count). The summed E-state index contributed by atoms with van der Waals surface area (Å²) in [7, 11) is 0. The van der Waals surface area contributed by atoms with Crippen LogP contribution in [0.4, 0.5) is 4.39 Å². The molecule has 1 aliphatic heterocycles. The van der Waals surface area contributed by atoms with Crippen molar-refractivity contribution in [1.82, 2.24) is 5.32 Å². The van der Waals surface area contributed by atoms with Crippen molar-refractivity contribution in [2.75, 3.05) is 12.3 Å². The Balaban J connectivity index is 1.96. The number of nitrogens with one attached hydrogen (secondary N) is 1. The lowest BCUT2D eigenvalue weighted by atomic mass is 10.1. The highest BCUT2D eigenvalue weighted by Crippen LogP contribution is 2.25. The van der Waals surface area contributed by atoms with Crippen LogP contribution in [0, 0.1) is 5.82 Å². The molecule has 1 saturated heterocycles. The molecule has 19 heavy (non-hydrogen) atoms. The summed E-state index contributed by atoms with van der Waals surface area (Å²) < 4.78 is 14.1. The summed E-state index contributed by atoms with van der Waals surface area (Å²) in [6.07, 6.45) is 2.49. The van der Waals surface area contributed by atoms with E-state index in [0.29, 0.717) is 17.4 Å². The van der Waals surface area contributed by atoms with E-state index in [9.17, 15) is 4.39 Å². The topological polar surface area (TPSA) is 70.6 Å². The minimum Gasteiger partial charge on any atom is -0.409 e. The van der Waals surface area contributed by atoms with E-state index in [1.165, 1.54) is 24.7 Å². The number of nitrogens with two attached hydrogens (primary N) is 1. The second-order valence-corrected chi connectivity index (χ2v) is 5.94. The number of thioether (sulfide) groups is 1. The van der Waals surface area contributed by atoms with Crippen molar-refractivity contribution < 1.29 is 9.60 Å². The van der Waals surface area contributed by atoms with Crippen molar-refractivity contribution in [3.8, 4) is 0 Å². The van der Waals surface area contributed by atoms with Crippen LogP contribution in [0.25, 0.3) is 0 Å². The summed E-state index contributed by atoms with van der Waals surface area (Å²) >= 11 is 1.96. The molecule has 1 atom stereocenters. The number of oxime groups is 1. The van der Waals surface area contributed by atoms with Gasteiger partial charge in [0.25, 0.3) is 0 Å². The number of halogens is 1. The monoisotopic (exact) mass is 283 g/mol. The first kappa shape index (κ1) is 14.1. The quantitative estimate of drug-likeness (QED) is 0.334. The summed E-state index contributed by atoms with van der Waals surface area (Å²) in [6, 6.07) is 4.91. The van der Waals surface area contributed by atoms with Crippen molar-refractivity contribution >= 4 is 17.6 Å². The molecule has 1 aromatic rings. The van der Waals surface area contributed by atoms with E-state index in [4.69, 9.17) is 10.9 Å². The normalized spacial score (nSPS) is 19.8. The van der Waals surface area contributed by atoms with Gasteiger partial charge in [0.05, 0.1) is 5.56 Å². The maximum Gasteiger partial charge on any atom is 0.173 e. The molecule has 1 heterocycles. The van der Waals surface area contributed by atoms with Gasteiger partial charge in [-0.15, -0.1) is 0 Å². The molecule has 0 bridgehead atoms. The van der Waals surface area contributed by atoms with Crippen LogP contribution in [0.1, 0.15) is 24.0 Å². The third kappa shape index (κ3) is 3.61. The van der Waals surface area contributed by atoms with Crippen molar-refractivity contribution in [3.63, 3.8) is 0 Å². The summed E-state index contributed by atoms with van der Waals surface area (Å²) in [6.45, 7) is 1.34. The standard InChI is InChI=1S/C13H18FN3OS/c14-12-9(3-1-5-11(12)13(15)17-18)7-16-8-10-4-2-6-19-10/h1,3,5,10,16,18H,2,4,6-8H2,(H2,15,17). The number of hydrogen-bond donors (Lipinski definition) is 3. The highest BCUT2D eigenvalue weighted by Gasteiger charge is 2.15. The Labute approximate surface area is 116 Å². The molecule has 4 nitrogen and oxygen atoms in total. The van der Waals surface area contributed by atoms with Gasteiger partial charge in [0.1, 0.15) is 5.82 Å². The molecular formula is C13H18FN3OS. The van der Waals surface area contributed by atoms with E-state index in [1.54, 1.807) is 12.1 Å². The van der Waals surface area contributed by atoms with Crippen LogP contribution in [0.5, 0.6) is 0 Å². The van der Waals surface area contributed by atoms with Gasteiger partial charge < -0.3 is 16.3 Å². The molecule has 1 aromatic carbocycles. The fraction of sp³-hybridized carbons (Fsp3) is 0.462. The minimum atomic E-state index is -0.427. The lowest BCUT2D eigenvalue weighted by Crippen LogP contribution is -2.24. The van der Waals surface area contributed by atoms with E-state index >= 15 is 0 Å². The average molecular weight is 283 g/mol. The second kappa shape index (κ2) is 6.77. The molecule has 6 heteroatoms. The maximum atomic E-state index is 14.1. The average Bonchev–Trinajstić information content (AvgIpc) is 2.93. The number of nitrogens with zero attached hydrogens (tertiary/aromatic N) is 1. The van der Waals surface area contributed by atoms with Crippen LogP contribution in [-0.4, -0.2) is 28.6 Å². The molecule has 0 amide bonds. The third-order valence-corrected chi connectivity index (χ3v) is 4.57. The molecule has 0 aliphatic carbocycles. The molecule has 1 aliphatic rings. The first-order valence-corrected chi connectivity index (χ1v) is 7.35. The van der Waals surface area contributed by atoms with Gasteiger partial charge in [0.2, 0.25) is 0 Å². The molecule has 0 aromatic heterocycles. The predicted octanol–water partition coefficient (Wildman–Crippen LogP) is 1.91. The Morgan fingerprint density at radius 3 is 3.11 bits per heavy atom. The Bertz CT molecular complexity index is 461. The van der Waals surface area contributed by atoms with Crippen LogP contribution in [-0.2, 0) is 6.54 Å². The number of benzene rings is 1. The fourth-order valence-corrected chi connectivity index (χ4v) is 3.38. The molecule has 0 radical (unpaired) electrons. The number of rotatable bonds is 5. The Kier molecular flexibility index (Phi) is 5.04. The zero-order chi connectivity index (χ0) is 13.7. The highest BCUT2D eigenvalue weighted by molar-refractivity contribution is 8.00. The second-order valence-electron chi connectivity index (χ2n) is 4.53. The van der Waals surface area contributed by atoms with Gasteiger partial charge in [-0.1, -0.05) is 17.3 Å². The van der Waals surface area contributed by atoms with Crippen LogP contribution >= 0.6 is 11.8 Å². The van der Waals surface area contributed by atoms with Crippen LogP contribution in [0.3, 0.4) is 0 Å². The Morgan fingerprint density at radius 1 is 1.58 bits per heavy atom. The zero-order valence-electron chi connectivity index (χ0n) is 10.6. The number of hydrogen-bond acceptors (Lipinski definition) is 4. The van der Waals surface area contributed by atoms with Gasteiger partial charge in [-0.25, -0.2) is 4.39 Å². The van der Waals surface area contributed by atoms with E-state index in [2.05, 4.69) is 10.5 Å². The molecule has 1 fully saturated rings. The van der Waals surface area contributed by atoms with Gasteiger partial charge in [-0.3, -0.25) is 0 Å². The largest absolute Gasteiger partial charge is 0.409 e. The molecule has 0 spiro atoms. The Morgan fingerprint density at radius 2 is 2.42 bits per heavy atom. The summed E-state index contributed by atoms with van der Waals surface area (Å²) in [5.41, 5.74) is 6.10. The molecular weight excluding hydrogens is 265 g/mol. The van der Waals surface area contributed by atoms with Crippen molar-refractivity contribution in [1.29, 1.82) is 0 Å². The van der Waals surface area contributed by atoms with Gasteiger partial charge in [0, 0.05) is 23.9 Å². The van der Waals surface area contributed by atoms with Gasteiger partial charge in [0.15, 0.2) is 5.84 Å². The lowest BCUT2D eigenvalue weighted by molar-refractivity contribution is 0.318. The highest BCUT2D eigenvalue weighted by atomic mass is 32.2. The first-order chi connectivity index (χ1) is 9.22. The predicted molar refractivity (Wildman–Crippen MR) is 76.1 cm³/mol.